The van der Waals surface area contributed by atoms with Crippen molar-refractivity contribution in [2.75, 3.05) is 5.32 Å². The van der Waals surface area contributed by atoms with E-state index >= 15 is 0 Å². The Balaban J connectivity index is 2.18. The normalized spacial score (nSPS) is 12.4. The molecular formula is C18H18F2N2O5S. The van der Waals surface area contributed by atoms with Crippen molar-refractivity contribution in [3.63, 3.8) is 0 Å². The fourth-order valence-corrected chi connectivity index (χ4v) is 3.23. The van der Waals surface area contributed by atoms with Gasteiger partial charge in [-0.25, -0.2) is 27.1 Å². The smallest absolute Gasteiger partial charge is 0.338 e. The van der Waals surface area contributed by atoms with Crippen LogP contribution >= 0.6 is 0 Å². The molecule has 1 amide bonds. The van der Waals surface area contributed by atoms with Crippen LogP contribution in [-0.4, -0.2) is 26.4 Å². The first-order chi connectivity index (χ1) is 12.9. The third kappa shape index (κ3) is 4.90. The van der Waals surface area contributed by atoms with Crippen LogP contribution in [0.5, 0.6) is 0 Å². The van der Waals surface area contributed by atoms with Crippen molar-refractivity contribution < 1.29 is 31.5 Å². The van der Waals surface area contributed by atoms with Gasteiger partial charge in [0.15, 0.2) is 6.10 Å². The molecule has 0 aromatic heterocycles. The molecule has 7 nitrogen and oxygen atoms in total. The second-order valence-electron chi connectivity index (χ2n) is 6.12. The number of ether oxygens (including phenoxy) is 1. The molecule has 1 unspecified atom stereocenters. The van der Waals surface area contributed by atoms with Crippen LogP contribution in [0.15, 0.2) is 35.2 Å². The van der Waals surface area contributed by atoms with E-state index in [0.717, 1.165) is 18.2 Å². The van der Waals surface area contributed by atoms with Crippen molar-refractivity contribution in [3.8, 4) is 0 Å². The maximum atomic E-state index is 13.6. The van der Waals surface area contributed by atoms with Gasteiger partial charge >= 0.3 is 5.97 Å². The quantitative estimate of drug-likeness (QED) is 0.732. The summed E-state index contributed by atoms with van der Waals surface area (Å²) in [6.45, 7) is 4.38. The lowest BCUT2D eigenvalue weighted by molar-refractivity contribution is -0.123. The van der Waals surface area contributed by atoms with Gasteiger partial charge < -0.3 is 10.1 Å². The number of aryl methyl sites for hydroxylation is 1. The van der Waals surface area contributed by atoms with Crippen LogP contribution in [0.3, 0.4) is 0 Å². The number of carbonyl (C=O) groups is 2. The zero-order chi connectivity index (χ0) is 21.2. The lowest BCUT2D eigenvalue weighted by Gasteiger charge is -2.15. The summed E-state index contributed by atoms with van der Waals surface area (Å²) in [6.07, 6.45) is -1.34. The fraction of sp³-hybridized carbons (Fsp3) is 0.222. The maximum absolute atomic E-state index is 13.6. The number of esters is 1. The largest absolute Gasteiger partial charge is 0.449 e. The van der Waals surface area contributed by atoms with E-state index in [1.165, 1.54) is 19.9 Å². The van der Waals surface area contributed by atoms with E-state index in [0.29, 0.717) is 17.2 Å². The number of carbonyl (C=O) groups excluding carboxylic acids is 2. The number of nitrogens with two attached hydrogens (primary N) is 1. The van der Waals surface area contributed by atoms with Gasteiger partial charge in [-0.2, -0.15) is 0 Å². The van der Waals surface area contributed by atoms with Gasteiger partial charge in [0.2, 0.25) is 10.0 Å². The number of primary sulfonamides is 1. The second-order valence-corrected chi connectivity index (χ2v) is 7.65. The van der Waals surface area contributed by atoms with Crippen molar-refractivity contribution in [2.24, 2.45) is 5.14 Å². The van der Waals surface area contributed by atoms with Crippen LogP contribution in [0, 0.1) is 25.5 Å². The molecule has 2 rings (SSSR count). The van der Waals surface area contributed by atoms with Gasteiger partial charge in [0.05, 0.1) is 16.1 Å². The third-order valence-electron chi connectivity index (χ3n) is 4.00. The Hall–Kier alpha value is -2.85. The van der Waals surface area contributed by atoms with Crippen LogP contribution < -0.4 is 10.5 Å². The molecule has 28 heavy (non-hydrogen) atoms. The highest BCUT2D eigenvalue weighted by molar-refractivity contribution is 7.89. The summed E-state index contributed by atoms with van der Waals surface area (Å²) < 4.78 is 54.9. The Bertz CT molecular complexity index is 1050. The molecule has 1 atom stereocenters. The summed E-state index contributed by atoms with van der Waals surface area (Å²) in [5, 5.41) is 7.33. The summed E-state index contributed by atoms with van der Waals surface area (Å²) in [7, 11) is -4.07. The van der Waals surface area contributed by atoms with E-state index in [2.05, 4.69) is 5.32 Å². The van der Waals surface area contributed by atoms with Crippen molar-refractivity contribution in [1.82, 2.24) is 0 Å². The number of hydrogen-bond donors (Lipinski definition) is 2. The lowest BCUT2D eigenvalue weighted by Crippen LogP contribution is -2.30. The van der Waals surface area contributed by atoms with Crippen LogP contribution in [-0.2, 0) is 19.6 Å². The second kappa shape index (κ2) is 8.03. The summed E-state index contributed by atoms with van der Waals surface area (Å²) in [4.78, 5) is 24.2. The molecular weight excluding hydrogens is 394 g/mol. The average Bonchev–Trinajstić information content (AvgIpc) is 2.58. The van der Waals surface area contributed by atoms with Crippen molar-refractivity contribution in [3.05, 3.63) is 58.7 Å². The third-order valence-corrected chi connectivity index (χ3v) is 5.04. The van der Waals surface area contributed by atoms with E-state index in [-0.39, 0.29) is 16.1 Å². The molecule has 0 aliphatic carbocycles. The maximum Gasteiger partial charge on any atom is 0.338 e. The van der Waals surface area contributed by atoms with Crippen LogP contribution in [0.25, 0.3) is 0 Å². The SMILES string of the molecule is Cc1cc(C(=O)OC(C)C(=O)Nc2ccc(F)cc2F)cc(S(N)(=O)=O)c1C. The lowest BCUT2D eigenvalue weighted by atomic mass is 10.1. The molecule has 150 valence electrons. The number of rotatable bonds is 5. The highest BCUT2D eigenvalue weighted by Crippen LogP contribution is 2.21. The van der Waals surface area contributed by atoms with Gasteiger partial charge in [0.25, 0.3) is 5.91 Å². The number of nitrogens with one attached hydrogen (secondary N) is 1. The highest BCUT2D eigenvalue weighted by atomic mass is 32.2. The van der Waals surface area contributed by atoms with Crippen molar-refractivity contribution in [1.29, 1.82) is 0 Å². The summed E-state index contributed by atoms with van der Waals surface area (Å²) in [6, 6.07) is 5.04. The van der Waals surface area contributed by atoms with Crippen molar-refractivity contribution >= 4 is 27.6 Å². The van der Waals surface area contributed by atoms with Gasteiger partial charge in [0.1, 0.15) is 11.6 Å². The van der Waals surface area contributed by atoms with Crippen LogP contribution in [0.4, 0.5) is 14.5 Å². The van der Waals surface area contributed by atoms with Gasteiger partial charge in [0, 0.05) is 6.07 Å². The topological polar surface area (TPSA) is 116 Å². The number of amides is 1. The first-order valence-corrected chi connectivity index (χ1v) is 9.55. The van der Waals surface area contributed by atoms with Crippen molar-refractivity contribution in [2.45, 2.75) is 31.8 Å². The fourth-order valence-electron chi connectivity index (χ4n) is 2.35. The van der Waals surface area contributed by atoms with Gasteiger partial charge in [-0.1, -0.05) is 0 Å². The standard InChI is InChI=1S/C18H18F2N2O5S/c1-9-6-12(7-16(10(9)2)28(21,25)26)18(24)27-11(3)17(23)22-15-5-4-13(19)8-14(15)20/h4-8,11H,1-3H3,(H,22,23)(H2,21,25,26). The predicted molar refractivity (Wildman–Crippen MR) is 97.2 cm³/mol. The monoisotopic (exact) mass is 412 g/mol. The van der Waals surface area contributed by atoms with E-state index in [1.807, 2.05) is 0 Å². The molecule has 0 aliphatic heterocycles. The predicted octanol–water partition coefficient (Wildman–Crippen LogP) is 2.41. The summed E-state index contributed by atoms with van der Waals surface area (Å²) in [5.41, 5.74) is 0.484. The molecule has 3 N–H and O–H groups in total. The van der Waals surface area contributed by atoms with E-state index in [4.69, 9.17) is 9.88 Å². The zero-order valence-corrected chi connectivity index (χ0v) is 16.1. The van der Waals surface area contributed by atoms with Gasteiger partial charge in [-0.05, 0) is 56.2 Å². The highest BCUT2D eigenvalue weighted by Gasteiger charge is 2.23. The minimum atomic E-state index is -4.07. The van der Waals surface area contributed by atoms with E-state index in [9.17, 15) is 26.8 Å². The molecule has 0 spiro atoms. The first kappa shape index (κ1) is 21.5. The number of hydrogen-bond acceptors (Lipinski definition) is 5. The zero-order valence-electron chi connectivity index (χ0n) is 15.2. The number of benzene rings is 2. The number of halogens is 2. The summed E-state index contributed by atoms with van der Waals surface area (Å²) >= 11 is 0. The molecule has 0 saturated heterocycles. The van der Waals surface area contributed by atoms with Crippen LogP contribution in [0.2, 0.25) is 0 Å². The Kier molecular flexibility index (Phi) is 6.15. The molecule has 2 aromatic carbocycles. The molecule has 0 radical (unpaired) electrons. The Labute approximate surface area is 160 Å². The summed E-state index contributed by atoms with van der Waals surface area (Å²) in [5.74, 6) is -3.61. The first-order valence-electron chi connectivity index (χ1n) is 8.01. The molecule has 0 fully saturated rings. The molecule has 0 bridgehead atoms. The molecule has 2 aromatic rings. The minimum absolute atomic E-state index is 0.111. The molecule has 0 aliphatic rings. The van der Waals surface area contributed by atoms with Gasteiger partial charge in [-0.3, -0.25) is 4.79 Å². The van der Waals surface area contributed by atoms with Crippen LogP contribution in [0.1, 0.15) is 28.4 Å². The molecule has 0 saturated carbocycles. The Morgan fingerprint density at radius 3 is 2.36 bits per heavy atom. The van der Waals surface area contributed by atoms with E-state index in [1.54, 1.807) is 6.92 Å². The number of sulfonamides is 1. The van der Waals surface area contributed by atoms with Gasteiger partial charge in [-0.15, -0.1) is 0 Å². The Morgan fingerprint density at radius 1 is 1.14 bits per heavy atom. The minimum Gasteiger partial charge on any atom is -0.449 e. The number of anilines is 1. The molecule has 0 heterocycles. The Morgan fingerprint density at radius 2 is 1.79 bits per heavy atom. The van der Waals surface area contributed by atoms with E-state index < -0.39 is 39.6 Å². The average molecular weight is 412 g/mol. The molecule has 10 heteroatoms.